The summed E-state index contributed by atoms with van der Waals surface area (Å²) >= 11 is 3.35. The highest BCUT2D eigenvalue weighted by Crippen LogP contribution is 2.33. The molecule has 0 aliphatic carbocycles. The van der Waals surface area contributed by atoms with Crippen molar-refractivity contribution in [3.63, 3.8) is 0 Å². The van der Waals surface area contributed by atoms with Gasteiger partial charge in [-0.15, -0.1) is 0 Å². The van der Waals surface area contributed by atoms with Crippen LogP contribution in [0.4, 0.5) is 5.69 Å². The Morgan fingerprint density at radius 1 is 1.32 bits per heavy atom. The summed E-state index contributed by atoms with van der Waals surface area (Å²) in [4.78, 5) is 25.7. The van der Waals surface area contributed by atoms with Crippen LogP contribution in [0.15, 0.2) is 45.3 Å². The number of fused-ring (bicyclic) bond motifs is 1. The molecule has 0 spiro atoms. The number of aromatic nitrogens is 1. The number of aromatic carboxylic acids is 1. The first-order chi connectivity index (χ1) is 10.5. The van der Waals surface area contributed by atoms with Crippen molar-refractivity contribution in [1.29, 1.82) is 0 Å². The fraction of sp³-hybridized carbons (Fsp3) is 0. The highest BCUT2D eigenvalue weighted by Gasteiger charge is 2.22. The van der Waals surface area contributed by atoms with E-state index in [1.807, 2.05) is 6.07 Å². The Morgan fingerprint density at radius 3 is 2.68 bits per heavy atom. The summed E-state index contributed by atoms with van der Waals surface area (Å²) in [6.07, 6.45) is 0. The Bertz CT molecular complexity index is 919. The minimum absolute atomic E-state index is 0.00357. The molecule has 0 aliphatic rings. The van der Waals surface area contributed by atoms with Gasteiger partial charge < -0.3 is 9.52 Å². The number of carboxylic acid groups (broad SMARTS) is 1. The molecule has 3 rings (SSSR count). The number of hydrogen-bond acceptors (Lipinski definition) is 5. The lowest BCUT2D eigenvalue weighted by molar-refractivity contribution is -0.384. The standard InChI is InChI=1S/C14H7BrN2O5/c15-10-4-2-1-3-8(10)13-16-11-6-7(17(20)21)5-9(14(18)19)12(11)22-13/h1-6H,(H,18,19). The lowest BCUT2D eigenvalue weighted by atomic mass is 10.2. The molecule has 1 heterocycles. The number of carbonyl (C=O) groups is 1. The molecular weight excluding hydrogens is 356 g/mol. The van der Waals surface area contributed by atoms with Gasteiger partial charge in [0.1, 0.15) is 11.1 Å². The molecule has 110 valence electrons. The molecule has 7 nitrogen and oxygen atoms in total. The van der Waals surface area contributed by atoms with Crippen LogP contribution in [-0.2, 0) is 0 Å². The third kappa shape index (κ3) is 2.33. The van der Waals surface area contributed by atoms with Gasteiger partial charge in [-0.25, -0.2) is 9.78 Å². The van der Waals surface area contributed by atoms with Crippen molar-refractivity contribution in [3.8, 4) is 11.5 Å². The molecular formula is C14H7BrN2O5. The first-order valence-corrected chi connectivity index (χ1v) is 6.84. The quantitative estimate of drug-likeness (QED) is 0.559. The number of nitrogens with zero attached hydrogens (tertiary/aromatic N) is 2. The average molecular weight is 363 g/mol. The molecule has 22 heavy (non-hydrogen) atoms. The SMILES string of the molecule is O=C(O)c1cc([N+](=O)[O-])cc2nc(-c3ccccc3Br)oc12. The largest absolute Gasteiger partial charge is 0.478 e. The summed E-state index contributed by atoms with van der Waals surface area (Å²) in [7, 11) is 0. The minimum atomic E-state index is -1.32. The van der Waals surface area contributed by atoms with E-state index < -0.39 is 10.9 Å². The van der Waals surface area contributed by atoms with E-state index in [2.05, 4.69) is 20.9 Å². The molecule has 0 unspecified atom stereocenters. The molecule has 0 fully saturated rings. The maximum absolute atomic E-state index is 11.3. The Morgan fingerprint density at radius 2 is 2.05 bits per heavy atom. The van der Waals surface area contributed by atoms with Crippen LogP contribution in [0.3, 0.4) is 0 Å². The van der Waals surface area contributed by atoms with Gasteiger partial charge in [-0.3, -0.25) is 10.1 Å². The van der Waals surface area contributed by atoms with E-state index in [1.165, 1.54) is 6.07 Å². The summed E-state index contributed by atoms with van der Waals surface area (Å²) in [5, 5.41) is 20.1. The van der Waals surface area contributed by atoms with E-state index in [0.717, 1.165) is 6.07 Å². The van der Waals surface area contributed by atoms with Crippen LogP contribution in [0, 0.1) is 10.1 Å². The minimum Gasteiger partial charge on any atom is -0.478 e. The number of non-ortho nitro benzene ring substituents is 1. The number of carboxylic acids is 1. The van der Waals surface area contributed by atoms with Crippen LogP contribution in [0.5, 0.6) is 0 Å². The van der Waals surface area contributed by atoms with Gasteiger partial charge in [-0.05, 0) is 28.1 Å². The first-order valence-electron chi connectivity index (χ1n) is 6.04. The molecule has 0 atom stereocenters. The molecule has 0 saturated carbocycles. The van der Waals surface area contributed by atoms with Crippen LogP contribution in [0.25, 0.3) is 22.6 Å². The van der Waals surface area contributed by atoms with Gasteiger partial charge in [-0.2, -0.15) is 0 Å². The molecule has 0 aliphatic heterocycles. The number of nitro benzene ring substituents is 1. The van der Waals surface area contributed by atoms with Gasteiger partial charge in [0, 0.05) is 16.6 Å². The Kier molecular flexibility index (Phi) is 3.38. The maximum atomic E-state index is 11.3. The van der Waals surface area contributed by atoms with Gasteiger partial charge in [0.2, 0.25) is 5.89 Å². The van der Waals surface area contributed by atoms with Gasteiger partial charge in [-0.1, -0.05) is 12.1 Å². The number of oxazole rings is 1. The third-order valence-electron chi connectivity index (χ3n) is 3.02. The monoisotopic (exact) mass is 362 g/mol. The summed E-state index contributed by atoms with van der Waals surface area (Å²) in [6.45, 7) is 0. The van der Waals surface area contributed by atoms with E-state index in [4.69, 9.17) is 4.42 Å². The maximum Gasteiger partial charge on any atom is 0.339 e. The molecule has 2 aromatic carbocycles. The zero-order chi connectivity index (χ0) is 15.9. The Labute approximate surface area is 131 Å². The number of nitro groups is 1. The highest BCUT2D eigenvalue weighted by atomic mass is 79.9. The van der Waals surface area contributed by atoms with Gasteiger partial charge >= 0.3 is 5.97 Å². The number of benzene rings is 2. The van der Waals surface area contributed by atoms with Crippen molar-refractivity contribution >= 4 is 38.7 Å². The molecule has 8 heteroatoms. The van der Waals surface area contributed by atoms with E-state index >= 15 is 0 Å². The summed E-state index contributed by atoms with van der Waals surface area (Å²) in [6, 6.07) is 9.25. The highest BCUT2D eigenvalue weighted by molar-refractivity contribution is 9.10. The summed E-state index contributed by atoms with van der Waals surface area (Å²) in [5.74, 6) is -1.13. The third-order valence-corrected chi connectivity index (χ3v) is 3.71. The lowest BCUT2D eigenvalue weighted by Gasteiger charge is -1.97. The van der Waals surface area contributed by atoms with Gasteiger partial charge in [0.15, 0.2) is 5.58 Å². The van der Waals surface area contributed by atoms with Crippen molar-refractivity contribution in [2.24, 2.45) is 0 Å². The predicted molar refractivity (Wildman–Crippen MR) is 80.8 cm³/mol. The van der Waals surface area contributed by atoms with Crippen LogP contribution >= 0.6 is 15.9 Å². The summed E-state index contributed by atoms with van der Waals surface area (Å²) < 4.78 is 6.23. The molecule has 0 bridgehead atoms. The molecule has 1 N–H and O–H groups in total. The normalized spacial score (nSPS) is 10.8. The lowest BCUT2D eigenvalue weighted by Crippen LogP contribution is -1.99. The van der Waals surface area contributed by atoms with Crippen molar-refractivity contribution in [1.82, 2.24) is 4.98 Å². The fourth-order valence-electron chi connectivity index (χ4n) is 2.03. The smallest absolute Gasteiger partial charge is 0.339 e. The second kappa shape index (κ2) is 5.23. The zero-order valence-corrected chi connectivity index (χ0v) is 12.4. The van der Waals surface area contributed by atoms with Gasteiger partial charge in [0.05, 0.1) is 10.5 Å². The van der Waals surface area contributed by atoms with Crippen LogP contribution in [-0.4, -0.2) is 21.0 Å². The Hall–Kier alpha value is -2.74. The second-order valence-corrected chi connectivity index (χ2v) is 5.26. The van der Waals surface area contributed by atoms with Crippen LogP contribution in [0.2, 0.25) is 0 Å². The Balaban J connectivity index is 2.29. The molecule has 0 saturated heterocycles. The van der Waals surface area contributed by atoms with E-state index in [-0.39, 0.29) is 28.2 Å². The second-order valence-electron chi connectivity index (χ2n) is 4.40. The summed E-state index contributed by atoms with van der Waals surface area (Å²) in [5.41, 5.74) is 0.103. The van der Waals surface area contributed by atoms with Crippen molar-refractivity contribution in [2.45, 2.75) is 0 Å². The molecule has 0 amide bonds. The number of hydrogen-bond donors (Lipinski definition) is 1. The fourth-order valence-corrected chi connectivity index (χ4v) is 2.49. The first kappa shape index (κ1) is 14.2. The van der Waals surface area contributed by atoms with E-state index in [9.17, 15) is 20.0 Å². The van der Waals surface area contributed by atoms with Crippen LogP contribution < -0.4 is 0 Å². The number of rotatable bonds is 3. The van der Waals surface area contributed by atoms with Crippen molar-refractivity contribution < 1.29 is 19.2 Å². The van der Waals surface area contributed by atoms with E-state index in [1.54, 1.807) is 18.2 Å². The molecule has 3 aromatic rings. The molecule has 1 aromatic heterocycles. The van der Waals surface area contributed by atoms with Gasteiger partial charge in [0.25, 0.3) is 5.69 Å². The molecule has 0 radical (unpaired) electrons. The topological polar surface area (TPSA) is 106 Å². The van der Waals surface area contributed by atoms with E-state index in [0.29, 0.717) is 10.0 Å². The predicted octanol–water partition coefficient (Wildman–Crippen LogP) is 3.86. The van der Waals surface area contributed by atoms with Crippen LogP contribution in [0.1, 0.15) is 10.4 Å². The number of halogens is 1. The average Bonchev–Trinajstić information content (AvgIpc) is 2.89. The van der Waals surface area contributed by atoms with Crippen molar-refractivity contribution in [3.05, 3.63) is 56.5 Å². The zero-order valence-electron chi connectivity index (χ0n) is 10.8. The van der Waals surface area contributed by atoms with Crippen molar-refractivity contribution in [2.75, 3.05) is 0 Å².